The molecule has 0 saturated carbocycles. The first-order valence-corrected chi connectivity index (χ1v) is 12.3. The molecular weight excluding hydrogens is 497 g/mol. The van der Waals surface area contributed by atoms with Crippen molar-refractivity contribution in [3.63, 3.8) is 0 Å². The maximum Gasteiger partial charge on any atom is 0.295 e. The van der Waals surface area contributed by atoms with Gasteiger partial charge in [-0.05, 0) is 55.2 Å². The van der Waals surface area contributed by atoms with E-state index in [2.05, 4.69) is 4.98 Å². The Balaban J connectivity index is 1.66. The number of carbonyl (C=O) groups excluding carboxylic acids is 2. The molecule has 0 bridgehead atoms. The van der Waals surface area contributed by atoms with Crippen LogP contribution in [0.5, 0.6) is 0 Å². The summed E-state index contributed by atoms with van der Waals surface area (Å²) in [6.07, 6.45) is 2.38. The van der Waals surface area contributed by atoms with Crippen LogP contribution < -0.4 is 0 Å². The van der Waals surface area contributed by atoms with E-state index in [1.807, 2.05) is 66.9 Å². The number of fused-ring (bicyclic) bond motifs is 1. The lowest BCUT2D eigenvalue weighted by atomic mass is 9.96. The number of Topliss-reactive ketones (excluding diaryl/α,β-unsaturated/α-hetero) is 1. The zero-order valence-corrected chi connectivity index (χ0v) is 21.2. The fourth-order valence-corrected chi connectivity index (χ4v) is 5.01. The van der Waals surface area contributed by atoms with Gasteiger partial charge in [0.2, 0.25) is 0 Å². The van der Waals surface area contributed by atoms with Crippen LogP contribution in [0.1, 0.15) is 34.1 Å². The molecule has 36 heavy (non-hydrogen) atoms. The highest BCUT2D eigenvalue weighted by molar-refractivity contribution is 6.46. The number of aromatic nitrogens is 2. The summed E-state index contributed by atoms with van der Waals surface area (Å²) >= 11 is 12.5. The molecule has 0 aliphatic carbocycles. The highest BCUT2D eigenvalue weighted by Crippen LogP contribution is 2.41. The predicted molar refractivity (Wildman–Crippen MR) is 140 cm³/mol. The number of benzene rings is 2. The first-order chi connectivity index (χ1) is 17.3. The first kappa shape index (κ1) is 24.1. The molecule has 0 spiro atoms. The minimum Gasteiger partial charge on any atom is -0.505 e. The van der Waals surface area contributed by atoms with Gasteiger partial charge in [-0.15, -0.1) is 0 Å². The lowest BCUT2D eigenvalue weighted by Gasteiger charge is -2.25. The molecule has 1 unspecified atom stereocenters. The minimum absolute atomic E-state index is 0.0180. The molecule has 1 aliphatic heterocycles. The molecule has 1 aliphatic rings. The zero-order valence-electron chi connectivity index (χ0n) is 19.7. The van der Waals surface area contributed by atoms with Gasteiger partial charge < -0.3 is 14.4 Å². The van der Waals surface area contributed by atoms with Crippen LogP contribution >= 0.6 is 23.2 Å². The highest BCUT2D eigenvalue weighted by atomic mass is 35.5. The lowest BCUT2D eigenvalue weighted by Crippen LogP contribution is -2.31. The van der Waals surface area contributed by atoms with E-state index < -0.39 is 17.7 Å². The van der Waals surface area contributed by atoms with Crippen LogP contribution in [0, 0.1) is 13.8 Å². The molecule has 6 nitrogen and oxygen atoms in total. The Morgan fingerprint density at radius 3 is 2.44 bits per heavy atom. The number of aliphatic hydroxyl groups is 1. The first-order valence-electron chi connectivity index (χ1n) is 11.5. The number of amides is 1. The molecule has 2 aromatic carbocycles. The summed E-state index contributed by atoms with van der Waals surface area (Å²) in [6, 6.07) is 17.6. The van der Waals surface area contributed by atoms with Gasteiger partial charge in [-0.3, -0.25) is 9.59 Å². The second kappa shape index (κ2) is 9.45. The van der Waals surface area contributed by atoms with Crippen molar-refractivity contribution >= 4 is 46.3 Å². The van der Waals surface area contributed by atoms with E-state index in [0.29, 0.717) is 33.4 Å². The Hall–Kier alpha value is -3.61. The van der Waals surface area contributed by atoms with Crippen molar-refractivity contribution in [2.75, 3.05) is 6.54 Å². The van der Waals surface area contributed by atoms with Crippen LogP contribution in [0.3, 0.4) is 0 Å². The fourth-order valence-electron chi connectivity index (χ4n) is 4.71. The van der Waals surface area contributed by atoms with Crippen molar-refractivity contribution in [2.24, 2.45) is 0 Å². The Morgan fingerprint density at radius 2 is 1.75 bits per heavy atom. The fraction of sp³-hybridized carbons (Fsp3) is 0.179. The van der Waals surface area contributed by atoms with Crippen molar-refractivity contribution < 1.29 is 14.7 Å². The van der Waals surface area contributed by atoms with E-state index in [1.165, 1.54) is 4.90 Å². The molecule has 1 amide bonds. The van der Waals surface area contributed by atoms with E-state index in [1.54, 1.807) is 18.2 Å². The summed E-state index contributed by atoms with van der Waals surface area (Å²) in [5, 5.41) is 12.1. The van der Waals surface area contributed by atoms with Crippen LogP contribution in [0.4, 0.5) is 0 Å². The summed E-state index contributed by atoms with van der Waals surface area (Å²) in [5.41, 5.74) is 4.10. The summed E-state index contributed by atoms with van der Waals surface area (Å²) in [7, 11) is 0. The number of aliphatic hydroxyl groups excluding tert-OH is 1. The predicted octanol–water partition coefficient (Wildman–Crippen LogP) is 5.92. The van der Waals surface area contributed by atoms with E-state index in [-0.39, 0.29) is 23.6 Å². The molecule has 8 heteroatoms. The summed E-state index contributed by atoms with van der Waals surface area (Å²) < 4.78 is 1.85. The number of likely N-dealkylation sites (tertiary alicyclic amines) is 1. The average molecular weight is 520 g/mol. The second-order valence-corrected chi connectivity index (χ2v) is 9.65. The van der Waals surface area contributed by atoms with Gasteiger partial charge in [0.25, 0.3) is 11.7 Å². The maximum absolute atomic E-state index is 13.4. The van der Waals surface area contributed by atoms with Gasteiger partial charge in [0.05, 0.1) is 27.4 Å². The maximum atomic E-state index is 13.4. The van der Waals surface area contributed by atoms with E-state index >= 15 is 0 Å². The average Bonchev–Trinajstić information content (AvgIpc) is 3.34. The smallest absolute Gasteiger partial charge is 0.295 e. The standard InChI is InChI=1S/C28H23Cl2N3O3/c1-16-7-6-13-32-17(2)23(31-27(16)32)25(34)22-24(19-10-11-20(29)21(30)15-19)33(28(36)26(22)35)14-12-18-8-4-3-5-9-18/h3-11,13,15,24,34H,12,14H2,1-2H3/b25-22+. The van der Waals surface area contributed by atoms with Gasteiger partial charge >= 0.3 is 0 Å². The Kier molecular flexibility index (Phi) is 6.33. The molecule has 2 aromatic heterocycles. The molecule has 4 aromatic rings. The quantitative estimate of drug-likeness (QED) is 0.201. The topological polar surface area (TPSA) is 74.9 Å². The lowest BCUT2D eigenvalue weighted by molar-refractivity contribution is -0.139. The van der Waals surface area contributed by atoms with Crippen LogP contribution in [-0.4, -0.2) is 37.6 Å². The molecule has 1 saturated heterocycles. The van der Waals surface area contributed by atoms with Crippen LogP contribution in [0.2, 0.25) is 10.0 Å². The van der Waals surface area contributed by atoms with E-state index in [9.17, 15) is 14.7 Å². The number of pyridine rings is 1. The minimum atomic E-state index is -0.839. The molecule has 5 rings (SSSR count). The van der Waals surface area contributed by atoms with Crippen molar-refractivity contribution in [3.8, 4) is 0 Å². The van der Waals surface area contributed by atoms with Gasteiger partial charge in [0.15, 0.2) is 5.76 Å². The monoisotopic (exact) mass is 519 g/mol. The molecule has 1 atom stereocenters. The van der Waals surface area contributed by atoms with Gasteiger partial charge in [0.1, 0.15) is 11.3 Å². The number of rotatable bonds is 5. The van der Waals surface area contributed by atoms with Crippen LogP contribution in [-0.2, 0) is 16.0 Å². The normalized spacial score (nSPS) is 17.3. The number of hydrogen-bond donors (Lipinski definition) is 1. The number of hydrogen-bond acceptors (Lipinski definition) is 4. The van der Waals surface area contributed by atoms with E-state index in [0.717, 1.165) is 11.1 Å². The molecular formula is C28H23Cl2N3O3. The van der Waals surface area contributed by atoms with Gasteiger partial charge in [-0.25, -0.2) is 4.98 Å². The number of ketones is 1. The van der Waals surface area contributed by atoms with Crippen molar-refractivity contribution in [1.29, 1.82) is 0 Å². The number of nitrogens with zero attached hydrogens (tertiary/aromatic N) is 3. The molecule has 3 heterocycles. The highest BCUT2D eigenvalue weighted by Gasteiger charge is 2.46. The summed E-state index contributed by atoms with van der Waals surface area (Å²) in [4.78, 5) is 32.7. The van der Waals surface area contributed by atoms with Gasteiger partial charge in [0, 0.05) is 12.7 Å². The number of carbonyl (C=O) groups is 2. The Bertz CT molecular complexity index is 1540. The van der Waals surface area contributed by atoms with E-state index in [4.69, 9.17) is 23.2 Å². The number of halogens is 2. The third kappa shape index (κ3) is 4.06. The van der Waals surface area contributed by atoms with Crippen molar-refractivity contribution in [1.82, 2.24) is 14.3 Å². The van der Waals surface area contributed by atoms with Crippen LogP contribution in [0.25, 0.3) is 11.4 Å². The molecule has 182 valence electrons. The number of aryl methyl sites for hydroxylation is 2. The third-order valence-electron chi connectivity index (χ3n) is 6.59. The summed E-state index contributed by atoms with van der Waals surface area (Å²) in [5.74, 6) is -1.75. The second-order valence-electron chi connectivity index (χ2n) is 8.83. The zero-order chi connectivity index (χ0) is 25.6. The largest absolute Gasteiger partial charge is 0.505 e. The van der Waals surface area contributed by atoms with Crippen molar-refractivity contribution in [3.05, 3.63) is 111 Å². The molecule has 1 N–H and O–H groups in total. The Labute approximate surface area is 218 Å². The van der Waals surface area contributed by atoms with Crippen LogP contribution in [0.15, 0.2) is 72.4 Å². The Morgan fingerprint density at radius 1 is 1.00 bits per heavy atom. The SMILES string of the molecule is Cc1cccn2c(C)c(/C(O)=C3\C(=O)C(=O)N(CCc4ccccc4)C3c3ccc(Cl)c(Cl)c3)nc12. The summed E-state index contributed by atoms with van der Waals surface area (Å²) in [6.45, 7) is 4.01. The van der Waals surface area contributed by atoms with Crippen molar-refractivity contribution in [2.45, 2.75) is 26.3 Å². The van der Waals surface area contributed by atoms with Gasteiger partial charge in [-0.2, -0.15) is 0 Å². The number of imidazole rings is 1. The van der Waals surface area contributed by atoms with Gasteiger partial charge in [-0.1, -0.05) is 65.7 Å². The molecule has 1 fully saturated rings. The third-order valence-corrected chi connectivity index (χ3v) is 7.33. The molecule has 0 radical (unpaired) electrons.